The average molecular weight is 366 g/mol. The Labute approximate surface area is 156 Å². The molecule has 2 heterocycles. The second kappa shape index (κ2) is 6.68. The van der Waals surface area contributed by atoms with Gasteiger partial charge in [-0.05, 0) is 43.9 Å². The van der Waals surface area contributed by atoms with Crippen molar-refractivity contribution in [2.75, 3.05) is 6.26 Å². The molecule has 6 heteroatoms. The molecule has 0 saturated heterocycles. The van der Waals surface area contributed by atoms with E-state index in [9.17, 15) is 4.39 Å². The summed E-state index contributed by atoms with van der Waals surface area (Å²) in [6.07, 6.45) is 2.06. The Hall–Kier alpha value is -2.47. The second-order valence-corrected chi connectivity index (χ2v) is 7.25. The van der Waals surface area contributed by atoms with Crippen LogP contribution in [-0.2, 0) is 13.2 Å². The van der Waals surface area contributed by atoms with Gasteiger partial charge in [0.15, 0.2) is 11.6 Å². The molecule has 0 radical (unpaired) electrons. The number of aryl methyl sites for hydroxylation is 2. The zero-order valence-corrected chi connectivity index (χ0v) is 15.8. The van der Waals surface area contributed by atoms with E-state index in [0.29, 0.717) is 18.2 Å². The number of aromatic nitrogens is 3. The van der Waals surface area contributed by atoms with E-state index in [1.165, 1.54) is 4.90 Å². The number of thioether (sulfide) groups is 1. The molecule has 0 spiro atoms. The lowest BCUT2D eigenvalue weighted by Crippen LogP contribution is -2.11. The average Bonchev–Trinajstić information content (AvgIpc) is 2.97. The molecule has 4 rings (SSSR count). The van der Waals surface area contributed by atoms with Gasteiger partial charge in [-0.2, -0.15) is 0 Å². The molecule has 4 nitrogen and oxygen atoms in total. The molecule has 0 aliphatic carbocycles. The molecule has 26 heavy (non-hydrogen) atoms. The van der Waals surface area contributed by atoms with Crippen LogP contribution in [-0.4, -0.2) is 26.7 Å². The Morgan fingerprint density at radius 1 is 1.12 bits per heavy atom. The van der Waals surface area contributed by atoms with Crippen molar-refractivity contribution in [2.24, 2.45) is 4.99 Å². The molecule has 0 amide bonds. The fraction of sp³-hybridized carbons (Fsp3) is 0.250. The van der Waals surface area contributed by atoms with E-state index in [1.54, 1.807) is 11.8 Å². The van der Waals surface area contributed by atoms with Crippen LogP contribution in [0.1, 0.15) is 33.9 Å². The van der Waals surface area contributed by atoms with Gasteiger partial charge in [-0.1, -0.05) is 23.8 Å². The first-order valence-electron chi connectivity index (χ1n) is 8.42. The monoisotopic (exact) mass is 366 g/mol. The summed E-state index contributed by atoms with van der Waals surface area (Å²) in [7, 11) is 0. The van der Waals surface area contributed by atoms with Gasteiger partial charge in [0.25, 0.3) is 0 Å². The second-order valence-electron chi connectivity index (χ2n) is 6.37. The minimum atomic E-state index is -0.655. The number of hydrogen-bond donors (Lipinski definition) is 0. The molecule has 0 fully saturated rings. The van der Waals surface area contributed by atoms with Crippen molar-refractivity contribution in [1.82, 2.24) is 14.8 Å². The summed E-state index contributed by atoms with van der Waals surface area (Å²) in [6.45, 7) is 3.82. The fourth-order valence-electron chi connectivity index (χ4n) is 3.47. The first-order chi connectivity index (χ1) is 12.6. The van der Waals surface area contributed by atoms with Gasteiger partial charge in [0.1, 0.15) is 13.2 Å². The van der Waals surface area contributed by atoms with Crippen LogP contribution in [0.5, 0.6) is 0 Å². The molecule has 0 unspecified atom stereocenters. The van der Waals surface area contributed by atoms with Crippen molar-refractivity contribution in [1.29, 1.82) is 0 Å². The van der Waals surface area contributed by atoms with E-state index >= 15 is 0 Å². The summed E-state index contributed by atoms with van der Waals surface area (Å²) in [5.41, 5.74) is 6.09. The van der Waals surface area contributed by atoms with Crippen LogP contribution in [0.4, 0.5) is 4.39 Å². The minimum Gasteiger partial charge on any atom is -0.278 e. The highest BCUT2D eigenvalue weighted by Crippen LogP contribution is 2.30. The van der Waals surface area contributed by atoms with Crippen LogP contribution in [0.3, 0.4) is 0 Å². The highest BCUT2D eigenvalue weighted by atomic mass is 32.2. The molecule has 132 valence electrons. The number of rotatable bonds is 3. The molecule has 0 saturated carbocycles. The van der Waals surface area contributed by atoms with Crippen molar-refractivity contribution < 1.29 is 4.39 Å². The lowest BCUT2D eigenvalue weighted by atomic mass is 9.96. The predicted octanol–water partition coefficient (Wildman–Crippen LogP) is 4.43. The topological polar surface area (TPSA) is 43.1 Å². The van der Waals surface area contributed by atoms with Crippen molar-refractivity contribution in [3.8, 4) is 5.69 Å². The minimum absolute atomic E-state index is 0.322. The number of aliphatic imine (C=N–C) groups is 1. The predicted molar refractivity (Wildman–Crippen MR) is 103 cm³/mol. The van der Waals surface area contributed by atoms with Crippen LogP contribution in [0.25, 0.3) is 5.69 Å². The van der Waals surface area contributed by atoms with Gasteiger partial charge in [-0.15, -0.1) is 22.0 Å². The van der Waals surface area contributed by atoms with Gasteiger partial charge in [0.05, 0.1) is 11.4 Å². The summed E-state index contributed by atoms with van der Waals surface area (Å²) < 4.78 is 15.4. The van der Waals surface area contributed by atoms with E-state index in [4.69, 9.17) is 4.99 Å². The Bertz CT molecular complexity index is 1010. The van der Waals surface area contributed by atoms with Gasteiger partial charge >= 0.3 is 0 Å². The summed E-state index contributed by atoms with van der Waals surface area (Å²) in [5.74, 6) is 0.990. The SMILES string of the molecule is CSc1ccc(C2=NCc3nnc(CF)n3-c3c(C)cc(C)cc32)cc1. The molecular weight excluding hydrogens is 347 g/mol. The third-order valence-electron chi connectivity index (χ3n) is 4.58. The molecule has 0 bridgehead atoms. The van der Waals surface area contributed by atoms with E-state index in [1.807, 2.05) is 11.5 Å². The van der Waals surface area contributed by atoms with Crippen LogP contribution in [0.2, 0.25) is 0 Å². The zero-order valence-electron chi connectivity index (χ0n) is 15.0. The van der Waals surface area contributed by atoms with Crippen LogP contribution >= 0.6 is 11.8 Å². The molecule has 1 aliphatic rings. The molecule has 0 N–H and O–H groups in total. The lowest BCUT2D eigenvalue weighted by molar-refractivity contribution is 0.459. The van der Waals surface area contributed by atoms with Crippen LogP contribution in [0.15, 0.2) is 46.3 Å². The van der Waals surface area contributed by atoms with E-state index in [-0.39, 0.29) is 0 Å². The maximum atomic E-state index is 13.5. The molecule has 1 aromatic heterocycles. The first-order valence-corrected chi connectivity index (χ1v) is 9.65. The number of halogens is 1. The summed E-state index contributed by atoms with van der Waals surface area (Å²) >= 11 is 1.71. The molecule has 0 atom stereocenters. The number of nitrogens with zero attached hydrogens (tertiary/aromatic N) is 4. The zero-order chi connectivity index (χ0) is 18.3. The van der Waals surface area contributed by atoms with Crippen molar-refractivity contribution in [2.45, 2.75) is 32.0 Å². The number of alkyl halides is 1. The van der Waals surface area contributed by atoms with E-state index in [2.05, 4.69) is 59.8 Å². The van der Waals surface area contributed by atoms with Crippen molar-refractivity contribution in [3.63, 3.8) is 0 Å². The molecule has 1 aliphatic heterocycles. The van der Waals surface area contributed by atoms with Gasteiger partial charge in [0, 0.05) is 16.0 Å². The smallest absolute Gasteiger partial charge is 0.169 e. The Morgan fingerprint density at radius 3 is 2.58 bits per heavy atom. The maximum Gasteiger partial charge on any atom is 0.169 e. The lowest BCUT2D eigenvalue weighted by Gasteiger charge is -2.16. The summed E-state index contributed by atoms with van der Waals surface area (Å²) in [6, 6.07) is 12.6. The number of hydrogen-bond acceptors (Lipinski definition) is 4. The summed E-state index contributed by atoms with van der Waals surface area (Å²) in [5, 5.41) is 8.17. The standard InChI is InChI=1S/C20H19FN4S/c1-12-8-13(2)20-16(9-12)19(14-4-6-15(26-3)7-5-14)22-11-18-24-23-17(10-21)25(18)20/h4-9H,10-11H2,1-3H3. The third-order valence-corrected chi connectivity index (χ3v) is 5.33. The van der Waals surface area contributed by atoms with Gasteiger partial charge in [0.2, 0.25) is 0 Å². The quantitative estimate of drug-likeness (QED) is 0.644. The third kappa shape index (κ3) is 2.74. The number of fused-ring (bicyclic) bond motifs is 3. The molecule has 3 aromatic rings. The Morgan fingerprint density at radius 2 is 1.88 bits per heavy atom. The van der Waals surface area contributed by atoms with E-state index in [0.717, 1.165) is 33.7 Å². The Kier molecular flexibility index (Phi) is 4.36. The Balaban J connectivity index is 1.97. The van der Waals surface area contributed by atoms with Crippen molar-refractivity contribution in [3.05, 3.63) is 70.3 Å². The highest BCUT2D eigenvalue weighted by Gasteiger charge is 2.24. The molecular formula is C20H19FN4S. The van der Waals surface area contributed by atoms with Gasteiger partial charge in [-0.25, -0.2) is 4.39 Å². The summed E-state index contributed by atoms with van der Waals surface area (Å²) in [4.78, 5) is 6.03. The van der Waals surface area contributed by atoms with Crippen LogP contribution in [0, 0.1) is 13.8 Å². The largest absolute Gasteiger partial charge is 0.278 e. The van der Waals surface area contributed by atoms with E-state index < -0.39 is 6.67 Å². The van der Waals surface area contributed by atoms with Crippen molar-refractivity contribution >= 4 is 17.5 Å². The maximum absolute atomic E-state index is 13.5. The highest BCUT2D eigenvalue weighted by molar-refractivity contribution is 7.98. The molecule has 2 aromatic carbocycles. The first kappa shape index (κ1) is 17.0. The van der Waals surface area contributed by atoms with Gasteiger partial charge in [-0.3, -0.25) is 9.56 Å². The number of benzene rings is 2. The van der Waals surface area contributed by atoms with Gasteiger partial charge < -0.3 is 0 Å². The van der Waals surface area contributed by atoms with Crippen LogP contribution < -0.4 is 0 Å². The fourth-order valence-corrected chi connectivity index (χ4v) is 3.88. The normalized spacial score (nSPS) is 13.0.